The van der Waals surface area contributed by atoms with E-state index < -0.39 is 22.4 Å². The number of carbonyl (C=O) groups is 1. The number of amides is 1. The van der Waals surface area contributed by atoms with Gasteiger partial charge in [0.15, 0.2) is 15.0 Å². The minimum atomic E-state index is -3.55. The van der Waals surface area contributed by atoms with E-state index in [2.05, 4.69) is 15.0 Å². The van der Waals surface area contributed by atoms with Crippen LogP contribution in [0.4, 0.5) is 13.9 Å². The third kappa shape index (κ3) is 4.98. The van der Waals surface area contributed by atoms with Crippen molar-refractivity contribution in [3.05, 3.63) is 48.5 Å². The zero-order valence-corrected chi connectivity index (χ0v) is 15.4. The smallest absolute Gasteiger partial charge is 0.387 e. The number of hydrogen-bond acceptors (Lipinski definition) is 6. The normalized spacial score (nSPS) is 11.7. The lowest BCUT2D eigenvalue weighted by molar-refractivity contribution is -0.115. The molecule has 0 fully saturated rings. The van der Waals surface area contributed by atoms with Crippen LogP contribution in [0.5, 0.6) is 5.75 Å². The summed E-state index contributed by atoms with van der Waals surface area (Å²) < 4.78 is 53.8. The molecule has 0 aliphatic rings. The van der Waals surface area contributed by atoms with Crippen molar-refractivity contribution in [2.24, 2.45) is 0 Å². The van der Waals surface area contributed by atoms with Crippen LogP contribution in [0, 0.1) is 0 Å². The number of alkyl halides is 2. The van der Waals surface area contributed by atoms with Gasteiger partial charge >= 0.3 is 6.61 Å². The van der Waals surface area contributed by atoms with Crippen LogP contribution >= 0.6 is 11.3 Å². The minimum Gasteiger partial charge on any atom is -0.435 e. The quantitative estimate of drug-likeness (QED) is 0.640. The molecule has 0 radical (unpaired) electrons. The number of nitrogens with one attached hydrogen (secondary N) is 1. The molecular weight excluding hydrogens is 398 g/mol. The molecule has 0 unspecified atom stereocenters. The highest BCUT2D eigenvalue weighted by molar-refractivity contribution is 7.91. The van der Waals surface area contributed by atoms with Crippen molar-refractivity contribution in [3.63, 3.8) is 0 Å². The van der Waals surface area contributed by atoms with Gasteiger partial charge < -0.3 is 10.1 Å². The Morgan fingerprint density at radius 1 is 1.19 bits per heavy atom. The monoisotopic (exact) mass is 412 g/mol. The molecule has 1 heterocycles. The topological polar surface area (TPSA) is 85.4 Å². The average Bonchev–Trinajstić information content (AvgIpc) is 3.02. The van der Waals surface area contributed by atoms with E-state index in [-0.39, 0.29) is 28.0 Å². The summed E-state index contributed by atoms with van der Waals surface area (Å²) in [6, 6.07) is 12.1. The number of thiazole rings is 1. The van der Waals surface area contributed by atoms with Gasteiger partial charge in [-0.1, -0.05) is 29.5 Å². The van der Waals surface area contributed by atoms with E-state index in [1.165, 1.54) is 30.3 Å². The zero-order valence-electron chi connectivity index (χ0n) is 13.8. The molecule has 1 amide bonds. The van der Waals surface area contributed by atoms with Crippen LogP contribution in [0.1, 0.15) is 6.42 Å². The van der Waals surface area contributed by atoms with E-state index in [4.69, 9.17) is 0 Å². The van der Waals surface area contributed by atoms with Gasteiger partial charge in [-0.15, -0.1) is 0 Å². The fourth-order valence-corrected chi connectivity index (χ4v) is 4.46. The summed E-state index contributed by atoms with van der Waals surface area (Å²) in [6.45, 7) is -2.93. The van der Waals surface area contributed by atoms with E-state index in [0.717, 1.165) is 11.3 Å². The number of benzene rings is 2. The Balaban J connectivity index is 1.64. The van der Waals surface area contributed by atoms with Gasteiger partial charge in [-0.05, 0) is 30.3 Å². The van der Waals surface area contributed by atoms with E-state index in [1.54, 1.807) is 18.2 Å². The molecule has 0 atom stereocenters. The number of halogens is 2. The Morgan fingerprint density at radius 3 is 2.63 bits per heavy atom. The average molecular weight is 412 g/mol. The number of hydrogen-bond donors (Lipinski definition) is 1. The number of anilines is 1. The summed E-state index contributed by atoms with van der Waals surface area (Å²) in [5.74, 6) is -0.842. The lowest BCUT2D eigenvalue weighted by atomic mass is 10.3. The van der Waals surface area contributed by atoms with Crippen molar-refractivity contribution < 1.29 is 26.7 Å². The number of aromatic nitrogens is 1. The third-order valence-electron chi connectivity index (χ3n) is 3.53. The molecule has 0 aliphatic heterocycles. The Kier molecular flexibility index (Phi) is 5.66. The number of sulfone groups is 1. The zero-order chi connectivity index (χ0) is 19.4. The van der Waals surface area contributed by atoms with Crippen LogP contribution in [0.2, 0.25) is 0 Å². The SMILES string of the molecule is O=C(CCS(=O)(=O)c1ccccc1)Nc1nc2ccc(OC(F)F)cc2s1. The first-order valence-electron chi connectivity index (χ1n) is 7.76. The number of carbonyl (C=O) groups excluding carboxylic acids is 1. The van der Waals surface area contributed by atoms with E-state index >= 15 is 0 Å². The molecule has 2 aromatic carbocycles. The van der Waals surface area contributed by atoms with E-state index in [9.17, 15) is 22.0 Å². The maximum atomic E-state index is 12.3. The highest BCUT2D eigenvalue weighted by Crippen LogP contribution is 2.30. The van der Waals surface area contributed by atoms with Crippen molar-refractivity contribution >= 4 is 42.4 Å². The second kappa shape index (κ2) is 7.97. The molecule has 0 aliphatic carbocycles. The first-order chi connectivity index (χ1) is 12.8. The summed E-state index contributed by atoms with van der Waals surface area (Å²) >= 11 is 1.08. The summed E-state index contributed by atoms with van der Waals surface area (Å²) in [7, 11) is -3.55. The number of ether oxygens (including phenoxy) is 1. The van der Waals surface area contributed by atoms with Crippen LogP contribution in [-0.4, -0.2) is 31.7 Å². The van der Waals surface area contributed by atoms with Gasteiger partial charge in [0.25, 0.3) is 0 Å². The van der Waals surface area contributed by atoms with Crippen molar-refractivity contribution in [2.75, 3.05) is 11.1 Å². The predicted molar refractivity (Wildman–Crippen MR) is 98.0 cm³/mol. The molecule has 0 saturated heterocycles. The summed E-state index contributed by atoms with van der Waals surface area (Å²) in [6.07, 6.45) is -0.229. The molecule has 1 aromatic heterocycles. The highest BCUT2D eigenvalue weighted by atomic mass is 32.2. The first-order valence-corrected chi connectivity index (χ1v) is 10.2. The van der Waals surface area contributed by atoms with Crippen LogP contribution in [0.15, 0.2) is 53.4 Å². The molecular formula is C17H14F2N2O4S2. The summed E-state index contributed by atoms with van der Waals surface area (Å²) in [4.78, 5) is 16.4. The number of nitrogens with zero attached hydrogens (tertiary/aromatic N) is 1. The van der Waals surface area contributed by atoms with Gasteiger partial charge in [-0.2, -0.15) is 8.78 Å². The largest absolute Gasteiger partial charge is 0.435 e. The van der Waals surface area contributed by atoms with Crippen LogP contribution in [-0.2, 0) is 14.6 Å². The molecule has 0 bridgehead atoms. The lowest BCUT2D eigenvalue weighted by Gasteiger charge is -2.04. The molecule has 1 N–H and O–H groups in total. The van der Waals surface area contributed by atoms with Gasteiger partial charge in [0.05, 0.1) is 20.9 Å². The summed E-state index contributed by atoms with van der Waals surface area (Å²) in [5.41, 5.74) is 0.508. The molecule has 3 aromatic rings. The van der Waals surface area contributed by atoms with Crippen LogP contribution < -0.4 is 10.1 Å². The predicted octanol–water partition coefficient (Wildman–Crippen LogP) is 3.70. The Hall–Kier alpha value is -2.59. The van der Waals surface area contributed by atoms with Gasteiger partial charge in [0.1, 0.15) is 5.75 Å². The maximum absolute atomic E-state index is 12.3. The maximum Gasteiger partial charge on any atom is 0.387 e. The third-order valence-corrected chi connectivity index (χ3v) is 6.20. The Bertz CT molecular complexity index is 1050. The minimum absolute atomic E-state index is 0.00650. The highest BCUT2D eigenvalue weighted by Gasteiger charge is 2.17. The molecule has 10 heteroatoms. The molecule has 3 rings (SSSR count). The van der Waals surface area contributed by atoms with Gasteiger partial charge in [0, 0.05) is 6.42 Å². The van der Waals surface area contributed by atoms with E-state index in [0.29, 0.717) is 10.2 Å². The number of fused-ring (bicyclic) bond motifs is 1. The van der Waals surface area contributed by atoms with Crippen molar-refractivity contribution in [2.45, 2.75) is 17.9 Å². The molecule has 0 saturated carbocycles. The summed E-state index contributed by atoms with van der Waals surface area (Å²) in [5, 5.41) is 2.78. The van der Waals surface area contributed by atoms with Crippen LogP contribution in [0.25, 0.3) is 10.2 Å². The van der Waals surface area contributed by atoms with Crippen molar-refractivity contribution in [3.8, 4) is 5.75 Å². The fraction of sp³-hybridized carbons (Fsp3) is 0.176. The Labute approximate surface area is 157 Å². The van der Waals surface area contributed by atoms with Gasteiger partial charge in [-0.25, -0.2) is 13.4 Å². The van der Waals surface area contributed by atoms with Crippen molar-refractivity contribution in [1.82, 2.24) is 4.98 Å². The second-order valence-electron chi connectivity index (χ2n) is 5.46. The van der Waals surface area contributed by atoms with E-state index in [1.807, 2.05) is 0 Å². The molecule has 0 spiro atoms. The first kappa shape index (κ1) is 19.2. The molecule has 142 valence electrons. The molecule has 27 heavy (non-hydrogen) atoms. The lowest BCUT2D eigenvalue weighted by Crippen LogP contribution is -2.17. The Morgan fingerprint density at radius 2 is 1.93 bits per heavy atom. The standard InChI is InChI=1S/C17H14F2N2O4S2/c18-16(19)25-11-6-7-13-14(10-11)26-17(20-13)21-15(22)8-9-27(23,24)12-4-2-1-3-5-12/h1-7,10,16H,8-9H2,(H,20,21,22). The number of rotatable bonds is 7. The second-order valence-corrected chi connectivity index (χ2v) is 8.60. The van der Waals surface area contributed by atoms with Crippen molar-refractivity contribution in [1.29, 1.82) is 0 Å². The fourth-order valence-electron chi connectivity index (χ4n) is 2.29. The van der Waals surface area contributed by atoms with Gasteiger partial charge in [-0.3, -0.25) is 4.79 Å². The molecule has 6 nitrogen and oxygen atoms in total. The van der Waals surface area contributed by atoms with Gasteiger partial charge in [0.2, 0.25) is 5.91 Å². The van der Waals surface area contributed by atoms with Crippen LogP contribution in [0.3, 0.4) is 0 Å².